The zero-order valence-corrected chi connectivity index (χ0v) is 12.5. The van der Waals surface area contributed by atoms with E-state index in [9.17, 15) is 10.2 Å². The number of phenols is 2. The highest BCUT2D eigenvalue weighted by Crippen LogP contribution is 2.67. The molecule has 106 valence electrons. The first-order valence-corrected chi connectivity index (χ1v) is 6.52. The molecule has 0 spiro atoms. The van der Waals surface area contributed by atoms with Crippen molar-refractivity contribution in [3.05, 3.63) is 11.1 Å². The lowest BCUT2D eigenvalue weighted by Gasteiger charge is -2.44. The lowest BCUT2D eigenvalue weighted by Crippen LogP contribution is -2.42. The summed E-state index contributed by atoms with van der Waals surface area (Å²) in [5.41, 5.74) is 12.4. The van der Waals surface area contributed by atoms with Crippen LogP contribution in [-0.4, -0.2) is 10.2 Å². The van der Waals surface area contributed by atoms with Gasteiger partial charge in [0.05, 0.1) is 0 Å². The largest absolute Gasteiger partial charge is 0.505 e. The van der Waals surface area contributed by atoms with Crippen LogP contribution in [0.4, 0.5) is 11.4 Å². The van der Waals surface area contributed by atoms with Gasteiger partial charge in [0.25, 0.3) is 0 Å². The van der Waals surface area contributed by atoms with Crippen molar-refractivity contribution >= 4 is 11.4 Å². The second kappa shape index (κ2) is 3.30. The summed E-state index contributed by atoms with van der Waals surface area (Å²) in [4.78, 5) is 0. The van der Waals surface area contributed by atoms with E-state index in [0.717, 1.165) is 0 Å². The van der Waals surface area contributed by atoms with Crippen molar-refractivity contribution in [2.45, 2.75) is 52.4 Å². The van der Waals surface area contributed by atoms with Crippen LogP contribution in [0.1, 0.15) is 52.7 Å². The number of aromatic hydroxyl groups is 2. The molecule has 1 aromatic carbocycles. The van der Waals surface area contributed by atoms with Gasteiger partial charge in [0.15, 0.2) is 0 Å². The molecule has 0 fully saturated rings. The second-order valence-corrected chi connectivity index (χ2v) is 7.15. The van der Waals surface area contributed by atoms with E-state index in [-0.39, 0.29) is 39.1 Å². The molecule has 0 unspecified atom stereocenters. The first-order chi connectivity index (χ1) is 8.39. The molecule has 19 heavy (non-hydrogen) atoms. The predicted octanol–water partition coefficient (Wildman–Crippen LogP) is 2.86. The molecule has 4 nitrogen and oxygen atoms in total. The van der Waals surface area contributed by atoms with Crippen molar-refractivity contribution in [1.82, 2.24) is 0 Å². The van der Waals surface area contributed by atoms with E-state index in [1.54, 1.807) is 0 Å². The lowest BCUT2D eigenvalue weighted by atomic mass is 9.59. The number of fused-ring (bicyclic) bond motifs is 1. The van der Waals surface area contributed by atoms with Crippen molar-refractivity contribution in [2.24, 2.45) is 5.41 Å². The molecular weight excluding hydrogens is 240 g/mol. The minimum Gasteiger partial charge on any atom is -0.505 e. The highest BCUT2D eigenvalue weighted by Gasteiger charge is 2.59. The molecule has 0 saturated heterocycles. The van der Waals surface area contributed by atoms with E-state index in [1.807, 2.05) is 0 Å². The Balaban J connectivity index is 3.02. The zero-order chi connectivity index (χ0) is 15.0. The Morgan fingerprint density at radius 2 is 0.947 bits per heavy atom. The van der Waals surface area contributed by atoms with Gasteiger partial charge in [0, 0.05) is 11.1 Å². The van der Waals surface area contributed by atoms with Crippen LogP contribution in [0.3, 0.4) is 0 Å². The summed E-state index contributed by atoms with van der Waals surface area (Å²) in [6, 6.07) is 0. The van der Waals surface area contributed by atoms with E-state index < -0.39 is 0 Å². The van der Waals surface area contributed by atoms with E-state index in [1.165, 1.54) is 0 Å². The molecule has 6 N–H and O–H groups in total. The number of anilines is 2. The molecule has 4 heteroatoms. The van der Waals surface area contributed by atoms with Gasteiger partial charge in [0.1, 0.15) is 22.9 Å². The number of rotatable bonds is 0. The fourth-order valence-corrected chi connectivity index (χ4v) is 3.38. The summed E-state index contributed by atoms with van der Waals surface area (Å²) in [5.74, 6) is 0.0166. The van der Waals surface area contributed by atoms with Crippen LogP contribution in [0.15, 0.2) is 0 Å². The van der Waals surface area contributed by atoms with Crippen LogP contribution in [0, 0.1) is 5.41 Å². The van der Waals surface area contributed by atoms with Crippen LogP contribution < -0.4 is 11.5 Å². The van der Waals surface area contributed by atoms with Crippen molar-refractivity contribution < 1.29 is 10.2 Å². The van der Waals surface area contributed by atoms with Gasteiger partial charge in [-0.3, -0.25) is 0 Å². The van der Waals surface area contributed by atoms with Crippen LogP contribution in [-0.2, 0) is 10.8 Å². The Hall–Kier alpha value is -1.58. The van der Waals surface area contributed by atoms with Gasteiger partial charge in [-0.15, -0.1) is 0 Å². The molecule has 0 aromatic heterocycles. The highest BCUT2D eigenvalue weighted by molar-refractivity contribution is 5.83. The maximum absolute atomic E-state index is 10.4. The number of hydrogen-bond acceptors (Lipinski definition) is 4. The average molecular weight is 264 g/mol. The van der Waals surface area contributed by atoms with E-state index >= 15 is 0 Å². The summed E-state index contributed by atoms with van der Waals surface area (Å²) >= 11 is 0. The minimum absolute atomic E-state index is 0.00829. The van der Waals surface area contributed by atoms with Gasteiger partial charge in [-0.05, 0) is 16.2 Å². The number of phenolic OH excluding ortho intramolecular Hbond substituents is 2. The van der Waals surface area contributed by atoms with E-state index in [2.05, 4.69) is 41.5 Å². The minimum atomic E-state index is -0.324. The summed E-state index contributed by atoms with van der Waals surface area (Å²) in [6.07, 6.45) is 0. The highest BCUT2D eigenvalue weighted by atomic mass is 16.3. The molecule has 0 atom stereocenters. The average Bonchev–Trinajstić information content (AvgIpc) is 2.39. The zero-order valence-electron chi connectivity index (χ0n) is 12.5. The standard InChI is InChI=1S/C15H24N2O2/c1-13(2)7-8(14(3,4)15(13,5)6)12(19)10(17)9(16)11(7)18/h18-19H,16-17H2,1-6H3. The number of hydrogen-bond donors (Lipinski definition) is 4. The SMILES string of the molecule is CC1(C)c2c(O)c(N)c(N)c(O)c2C(C)(C)C1(C)C. The monoisotopic (exact) mass is 264 g/mol. The third kappa shape index (κ3) is 1.24. The summed E-state index contributed by atoms with van der Waals surface area (Å²) in [6.45, 7) is 12.5. The number of benzene rings is 1. The normalized spacial score (nSPS) is 22.2. The molecule has 2 rings (SSSR count). The fourth-order valence-electron chi connectivity index (χ4n) is 3.38. The molecule has 0 radical (unpaired) electrons. The van der Waals surface area contributed by atoms with E-state index in [4.69, 9.17) is 11.5 Å². The number of nitrogens with two attached hydrogens (primary N) is 2. The van der Waals surface area contributed by atoms with Crippen LogP contribution in [0.2, 0.25) is 0 Å². The van der Waals surface area contributed by atoms with Crippen molar-refractivity contribution in [3.63, 3.8) is 0 Å². The van der Waals surface area contributed by atoms with Crippen LogP contribution in [0.5, 0.6) is 11.5 Å². The number of nitrogen functional groups attached to an aromatic ring is 2. The van der Waals surface area contributed by atoms with Gasteiger partial charge in [-0.1, -0.05) is 41.5 Å². The molecule has 0 heterocycles. The Kier molecular flexibility index (Phi) is 2.40. The third-order valence-electron chi connectivity index (χ3n) is 5.90. The van der Waals surface area contributed by atoms with Crippen LogP contribution in [0.25, 0.3) is 0 Å². The van der Waals surface area contributed by atoms with Gasteiger partial charge in [0.2, 0.25) is 0 Å². The summed E-state index contributed by atoms with van der Waals surface area (Å²) in [7, 11) is 0. The van der Waals surface area contributed by atoms with Gasteiger partial charge >= 0.3 is 0 Å². The quantitative estimate of drug-likeness (QED) is 0.329. The molecule has 1 aliphatic rings. The Morgan fingerprint density at radius 1 is 0.684 bits per heavy atom. The van der Waals surface area contributed by atoms with Crippen molar-refractivity contribution in [3.8, 4) is 11.5 Å². The van der Waals surface area contributed by atoms with Crippen molar-refractivity contribution in [1.29, 1.82) is 0 Å². The lowest BCUT2D eigenvalue weighted by molar-refractivity contribution is 0.123. The Morgan fingerprint density at radius 3 is 1.21 bits per heavy atom. The molecule has 1 aliphatic carbocycles. The molecule has 0 aliphatic heterocycles. The summed E-state index contributed by atoms with van der Waals surface area (Å²) in [5, 5.41) is 20.8. The van der Waals surface area contributed by atoms with E-state index in [0.29, 0.717) is 11.1 Å². The maximum Gasteiger partial charge on any atom is 0.144 e. The molecule has 0 bridgehead atoms. The Bertz CT molecular complexity index is 523. The topological polar surface area (TPSA) is 92.5 Å². The molecular formula is C15H24N2O2. The van der Waals surface area contributed by atoms with Gasteiger partial charge in [-0.2, -0.15) is 0 Å². The first-order valence-electron chi connectivity index (χ1n) is 6.52. The predicted molar refractivity (Wildman–Crippen MR) is 78.4 cm³/mol. The maximum atomic E-state index is 10.4. The van der Waals surface area contributed by atoms with Gasteiger partial charge in [-0.25, -0.2) is 0 Å². The smallest absolute Gasteiger partial charge is 0.144 e. The van der Waals surface area contributed by atoms with Crippen LogP contribution >= 0.6 is 0 Å². The molecule has 0 saturated carbocycles. The van der Waals surface area contributed by atoms with Gasteiger partial charge < -0.3 is 21.7 Å². The third-order valence-corrected chi connectivity index (χ3v) is 5.90. The fraction of sp³-hybridized carbons (Fsp3) is 0.600. The molecule has 0 amide bonds. The second-order valence-electron chi connectivity index (χ2n) is 7.15. The summed E-state index contributed by atoms with van der Waals surface area (Å²) < 4.78 is 0. The first kappa shape index (κ1) is 13.8. The van der Waals surface area contributed by atoms with Crippen molar-refractivity contribution in [2.75, 3.05) is 11.5 Å². The molecule has 1 aromatic rings. The Labute approximate surface area is 114 Å².